The van der Waals surface area contributed by atoms with Crippen LogP contribution in [0.5, 0.6) is 0 Å². The van der Waals surface area contributed by atoms with Crippen molar-refractivity contribution in [2.45, 2.75) is 58.6 Å². The van der Waals surface area contributed by atoms with E-state index in [4.69, 9.17) is 4.74 Å². The summed E-state index contributed by atoms with van der Waals surface area (Å²) in [5.74, 6) is -1.12. The van der Waals surface area contributed by atoms with Gasteiger partial charge in [0.25, 0.3) is 0 Å². The molecule has 0 aromatic carbocycles. The molecular formula is C13H21NO4. The van der Waals surface area contributed by atoms with Crippen LogP contribution in [0, 0.1) is 5.92 Å². The summed E-state index contributed by atoms with van der Waals surface area (Å²) in [6.45, 7) is 7.04. The zero-order valence-corrected chi connectivity index (χ0v) is 11.4. The third kappa shape index (κ3) is 4.13. The first-order valence-corrected chi connectivity index (χ1v) is 6.27. The highest BCUT2D eigenvalue weighted by Gasteiger charge is 2.34. The van der Waals surface area contributed by atoms with E-state index in [-0.39, 0.29) is 17.6 Å². The topological polar surface area (TPSA) is 72.5 Å². The van der Waals surface area contributed by atoms with E-state index in [0.717, 1.165) is 0 Å². The Hall–Kier alpha value is -1.39. The first-order chi connectivity index (χ1) is 8.20. The maximum Gasteiger partial charge on any atom is 0.407 e. The number of Topliss-reactive ketones (excluding diaryl/α,β-unsaturated/α-hetero) is 2. The zero-order chi connectivity index (χ0) is 13.9. The second-order valence-corrected chi connectivity index (χ2v) is 5.72. The molecule has 5 heteroatoms. The molecule has 1 rings (SSSR count). The van der Waals surface area contributed by atoms with Gasteiger partial charge in [0.15, 0.2) is 5.78 Å². The number of alkyl carbamates (subject to hydrolysis) is 1. The lowest BCUT2D eigenvalue weighted by atomic mass is 9.83. The summed E-state index contributed by atoms with van der Waals surface area (Å²) in [5, 5.41) is 2.62. The third-order valence-corrected chi connectivity index (χ3v) is 2.88. The van der Waals surface area contributed by atoms with Crippen LogP contribution in [0.1, 0.15) is 47.0 Å². The molecule has 1 aliphatic rings. The molecule has 18 heavy (non-hydrogen) atoms. The van der Waals surface area contributed by atoms with Crippen molar-refractivity contribution in [2.75, 3.05) is 0 Å². The molecule has 0 heterocycles. The minimum atomic E-state index is -0.573. The van der Waals surface area contributed by atoms with Crippen LogP contribution in [0.15, 0.2) is 0 Å². The largest absolute Gasteiger partial charge is 0.444 e. The van der Waals surface area contributed by atoms with Crippen LogP contribution in [-0.4, -0.2) is 29.3 Å². The summed E-state index contributed by atoms with van der Waals surface area (Å²) in [7, 11) is 0. The second-order valence-electron chi connectivity index (χ2n) is 5.72. The number of ketones is 2. The molecule has 0 saturated heterocycles. The summed E-state index contributed by atoms with van der Waals surface area (Å²) in [6, 6.07) is -0.378. The van der Waals surface area contributed by atoms with Crippen molar-refractivity contribution in [1.29, 1.82) is 0 Å². The van der Waals surface area contributed by atoms with E-state index in [1.54, 1.807) is 27.7 Å². The van der Waals surface area contributed by atoms with Gasteiger partial charge >= 0.3 is 6.09 Å². The maximum absolute atomic E-state index is 11.7. The summed E-state index contributed by atoms with van der Waals surface area (Å²) in [4.78, 5) is 34.6. The molecule has 5 nitrogen and oxygen atoms in total. The molecular weight excluding hydrogens is 234 g/mol. The fourth-order valence-electron chi connectivity index (χ4n) is 2.01. The Bertz CT molecular complexity index is 356. The lowest BCUT2D eigenvalue weighted by Crippen LogP contribution is -2.46. The number of ether oxygens (including phenoxy) is 1. The Labute approximate surface area is 107 Å². The predicted molar refractivity (Wildman–Crippen MR) is 66.2 cm³/mol. The number of hydrogen-bond donors (Lipinski definition) is 1. The van der Waals surface area contributed by atoms with E-state index >= 15 is 0 Å². The van der Waals surface area contributed by atoms with Crippen molar-refractivity contribution < 1.29 is 19.1 Å². The van der Waals surface area contributed by atoms with E-state index in [0.29, 0.717) is 19.3 Å². The Morgan fingerprint density at radius 2 is 2.00 bits per heavy atom. The van der Waals surface area contributed by atoms with Gasteiger partial charge in [-0.05, 0) is 40.5 Å². The zero-order valence-electron chi connectivity index (χ0n) is 11.4. The van der Waals surface area contributed by atoms with Crippen LogP contribution in [0.2, 0.25) is 0 Å². The number of rotatable bonds is 2. The van der Waals surface area contributed by atoms with Gasteiger partial charge in [0.1, 0.15) is 5.60 Å². The number of carbonyl (C=O) groups excluding carboxylic acids is 3. The highest BCUT2D eigenvalue weighted by Crippen LogP contribution is 2.21. The molecule has 0 aromatic rings. The molecule has 102 valence electrons. The summed E-state index contributed by atoms with van der Waals surface area (Å²) in [5.41, 5.74) is -0.573. The quantitative estimate of drug-likeness (QED) is 0.764. The van der Waals surface area contributed by atoms with Gasteiger partial charge in [0.05, 0.1) is 0 Å². The van der Waals surface area contributed by atoms with Crippen LogP contribution in [-0.2, 0) is 14.3 Å². The van der Waals surface area contributed by atoms with E-state index in [9.17, 15) is 14.4 Å². The van der Waals surface area contributed by atoms with Crippen LogP contribution < -0.4 is 5.32 Å². The van der Waals surface area contributed by atoms with Gasteiger partial charge in [-0.1, -0.05) is 0 Å². The van der Waals surface area contributed by atoms with Crippen LogP contribution in [0.4, 0.5) is 4.79 Å². The Morgan fingerprint density at radius 3 is 2.56 bits per heavy atom. The normalized spacial score (nSPS) is 22.6. The van der Waals surface area contributed by atoms with Gasteiger partial charge in [0.2, 0.25) is 5.78 Å². The SMILES string of the molecule is CC(NC(=O)OC(C)(C)C)C1CCCC(=O)C1=O. The fraction of sp³-hybridized carbons (Fsp3) is 0.769. The van der Waals surface area contributed by atoms with Crippen molar-refractivity contribution in [2.24, 2.45) is 5.92 Å². The van der Waals surface area contributed by atoms with Gasteiger partial charge in [0, 0.05) is 18.4 Å². The van der Waals surface area contributed by atoms with Crippen LogP contribution in [0.3, 0.4) is 0 Å². The predicted octanol–water partition coefficient (Wildman–Crippen LogP) is 1.84. The molecule has 0 aromatic heterocycles. The van der Waals surface area contributed by atoms with E-state index in [1.807, 2.05) is 0 Å². The van der Waals surface area contributed by atoms with Crippen molar-refractivity contribution in [3.8, 4) is 0 Å². The van der Waals surface area contributed by atoms with Gasteiger partial charge in [-0.2, -0.15) is 0 Å². The smallest absolute Gasteiger partial charge is 0.407 e. The van der Waals surface area contributed by atoms with Crippen molar-refractivity contribution in [3.63, 3.8) is 0 Å². The molecule has 1 amide bonds. The van der Waals surface area contributed by atoms with E-state index in [1.165, 1.54) is 0 Å². The number of carbonyl (C=O) groups is 3. The number of nitrogens with one attached hydrogen (secondary N) is 1. The van der Waals surface area contributed by atoms with Gasteiger partial charge < -0.3 is 10.1 Å². The maximum atomic E-state index is 11.7. The van der Waals surface area contributed by atoms with Gasteiger partial charge in [-0.25, -0.2) is 4.79 Å². The average Bonchev–Trinajstić information content (AvgIpc) is 2.18. The standard InChI is InChI=1S/C13H21NO4/c1-8(14-12(17)18-13(2,3)4)9-6-5-7-10(15)11(9)16/h8-9H,5-7H2,1-4H3,(H,14,17). The minimum absolute atomic E-state index is 0.328. The first-order valence-electron chi connectivity index (χ1n) is 6.27. The van der Waals surface area contributed by atoms with E-state index in [2.05, 4.69) is 5.32 Å². The lowest BCUT2D eigenvalue weighted by Gasteiger charge is -2.27. The summed E-state index contributed by atoms with van der Waals surface area (Å²) >= 11 is 0. The van der Waals surface area contributed by atoms with Gasteiger partial charge in [-0.15, -0.1) is 0 Å². The monoisotopic (exact) mass is 255 g/mol. The summed E-state index contributed by atoms with van der Waals surface area (Å²) in [6.07, 6.45) is 1.12. The van der Waals surface area contributed by atoms with Gasteiger partial charge in [-0.3, -0.25) is 9.59 Å². The molecule has 1 fully saturated rings. The Morgan fingerprint density at radius 1 is 1.39 bits per heavy atom. The molecule has 1 N–H and O–H groups in total. The van der Waals surface area contributed by atoms with E-state index < -0.39 is 17.6 Å². The highest BCUT2D eigenvalue weighted by molar-refractivity contribution is 6.38. The lowest BCUT2D eigenvalue weighted by molar-refractivity contribution is -0.141. The molecule has 0 aliphatic heterocycles. The molecule has 0 spiro atoms. The molecule has 2 unspecified atom stereocenters. The molecule has 1 saturated carbocycles. The van der Waals surface area contributed by atoms with Crippen molar-refractivity contribution >= 4 is 17.7 Å². The van der Waals surface area contributed by atoms with Crippen molar-refractivity contribution in [1.82, 2.24) is 5.32 Å². The molecule has 1 aliphatic carbocycles. The Kier molecular flexibility index (Phi) is 4.48. The Balaban J connectivity index is 2.54. The second kappa shape index (κ2) is 5.50. The van der Waals surface area contributed by atoms with Crippen LogP contribution >= 0.6 is 0 Å². The fourth-order valence-corrected chi connectivity index (χ4v) is 2.01. The number of amides is 1. The van der Waals surface area contributed by atoms with Crippen LogP contribution in [0.25, 0.3) is 0 Å². The first kappa shape index (κ1) is 14.7. The average molecular weight is 255 g/mol. The molecule has 0 bridgehead atoms. The molecule has 0 radical (unpaired) electrons. The summed E-state index contributed by atoms with van der Waals surface area (Å²) < 4.78 is 5.11. The minimum Gasteiger partial charge on any atom is -0.444 e. The molecule has 2 atom stereocenters. The third-order valence-electron chi connectivity index (χ3n) is 2.88. The van der Waals surface area contributed by atoms with Crippen molar-refractivity contribution in [3.05, 3.63) is 0 Å². The highest BCUT2D eigenvalue weighted by atomic mass is 16.6. The number of hydrogen-bond acceptors (Lipinski definition) is 4.